The Bertz CT molecular complexity index is 297. The number of allylic oxidation sites excluding steroid dienone is 4. The summed E-state index contributed by atoms with van der Waals surface area (Å²) in [6.45, 7) is 4.57. The Kier molecular flexibility index (Phi) is 12.5. The molecule has 0 saturated heterocycles. The monoisotopic (exact) mass is 304 g/mol. The lowest BCUT2D eigenvalue weighted by Gasteiger charge is -2.02. The smallest absolute Gasteiger partial charge is 0.00202 e. The first kappa shape index (κ1) is 19.5. The lowest BCUT2D eigenvalue weighted by Crippen LogP contribution is -1.85. The second-order valence-corrected chi connectivity index (χ2v) is 7.12. The summed E-state index contributed by atoms with van der Waals surface area (Å²) >= 11 is 0. The average molecular weight is 305 g/mol. The van der Waals surface area contributed by atoms with Crippen LogP contribution < -0.4 is 0 Å². The molecular weight excluding hydrogens is 264 g/mol. The van der Waals surface area contributed by atoms with Crippen molar-refractivity contribution in [1.29, 1.82) is 0 Å². The summed E-state index contributed by atoms with van der Waals surface area (Å²) in [5, 5.41) is 0. The molecule has 1 rings (SSSR count). The van der Waals surface area contributed by atoms with Crippen molar-refractivity contribution < 1.29 is 0 Å². The highest BCUT2D eigenvalue weighted by molar-refractivity contribution is 5.28. The summed E-state index contributed by atoms with van der Waals surface area (Å²) in [5.41, 5.74) is 1.78. The fourth-order valence-electron chi connectivity index (χ4n) is 3.23. The Morgan fingerprint density at radius 3 is 2.05 bits per heavy atom. The molecular formula is C22H40. The lowest BCUT2D eigenvalue weighted by atomic mass is 10.0. The summed E-state index contributed by atoms with van der Waals surface area (Å²) in [4.78, 5) is 0. The van der Waals surface area contributed by atoms with Crippen LogP contribution in [0.25, 0.3) is 0 Å². The van der Waals surface area contributed by atoms with E-state index in [0.717, 1.165) is 5.92 Å². The van der Waals surface area contributed by atoms with Crippen molar-refractivity contribution in [2.75, 3.05) is 0 Å². The van der Waals surface area contributed by atoms with E-state index in [9.17, 15) is 0 Å². The maximum Gasteiger partial charge on any atom is -0.00202 e. The second-order valence-electron chi connectivity index (χ2n) is 7.12. The van der Waals surface area contributed by atoms with Crippen molar-refractivity contribution >= 4 is 0 Å². The number of rotatable bonds is 16. The van der Waals surface area contributed by atoms with Gasteiger partial charge in [-0.05, 0) is 50.9 Å². The van der Waals surface area contributed by atoms with E-state index in [1.54, 1.807) is 5.57 Å². The van der Waals surface area contributed by atoms with Gasteiger partial charge in [0.1, 0.15) is 0 Å². The molecule has 1 atom stereocenters. The van der Waals surface area contributed by atoms with Gasteiger partial charge in [-0.15, -0.1) is 0 Å². The molecule has 0 fully saturated rings. The number of unbranched alkanes of at least 4 members (excludes halogenated alkanes) is 10. The molecule has 0 heteroatoms. The van der Waals surface area contributed by atoms with Crippen molar-refractivity contribution in [3.63, 3.8) is 0 Å². The Labute approximate surface area is 140 Å². The molecule has 0 spiro atoms. The third-order valence-electron chi connectivity index (χ3n) is 4.88. The third-order valence-corrected chi connectivity index (χ3v) is 4.88. The van der Waals surface area contributed by atoms with Crippen LogP contribution >= 0.6 is 0 Å². The van der Waals surface area contributed by atoms with E-state index < -0.39 is 0 Å². The molecule has 0 N–H and O–H groups in total. The van der Waals surface area contributed by atoms with Crippen LogP contribution in [0.4, 0.5) is 0 Å². The van der Waals surface area contributed by atoms with Crippen molar-refractivity contribution in [3.05, 3.63) is 23.8 Å². The minimum atomic E-state index is 0.917. The second kappa shape index (κ2) is 14.1. The van der Waals surface area contributed by atoms with E-state index in [1.165, 1.54) is 96.3 Å². The Hall–Kier alpha value is -0.520. The van der Waals surface area contributed by atoms with E-state index in [0.29, 0.717) is 0 Å². The van der Waals surface area contributed by atoms with E-state index in [-0.39, 0.29) is 0 Å². The largest absolute Gasteiger partial charge is 0.0885 e. The van der Waals surface area contributed by atoms with Gasteiger partial charge in [-0.1, -0.05) is 89.0 Å². The van der Waals surface area contributed by atoms with Gasteiger partial charge in [-0.2, -0.15) is 0 Å². The summed E-state index contributed by atoms with van der Waals surface area (Å²) in [6, 6.07) is 0. The number of hydrogen-bond donors (Lipinski definition) is 0. The van der Waals surface area contributed by atoms with E-state index in [4.69, 9.17) is 0 Å². The standard InChI is InChI=1S/C22H40/c1-3-5-7-9-10-11-12-13-15-17-19-22-20-21(22)18-16-14-8-6-4-2/h10-11,20-21H,3-9,12-19H2,1-2H3. The first-order valence-corrected chi connectivity index (χ1v) is 10.2. The van der Waals surface area contributed by atoms with Crippen LogP contribution in [0, 0.1) is 5.92 Å². The van der Waals surface area contributed by atoms with Gasteiger partial charge in [0.25, 0.3) is 0 Å². The zero-order valence-electron chi connectivity index (χ0n) is 15.4. The molecule has 1 aliphatic carbocycles. The molecule has 0 aromatic heterocycles. The van der Waals surface area contributed by atoms with Crippen molar-refractivity contribution in [3.8, 4) is 0 Å². The lowest BCUT2D eigenvalue weighted by molar-refractivity contribution is 0.582. The maximum atomic E-state index is 2.54. The van der Waals surface area contributed by atoms with Gasteiger partial charge in [0.2, 0.25) is 0 Å². The molecule has 0 heterocycles. The zero-order chi connectivity index (χ0) is 15.9. The van der Waals surface area contributed by atoms with Crippen LogP contribution in [0.2, 0.25) is 0 Å². The van der Waals surface area contributed by atoms with Crippen LogP contribution in [0.15, 0.2) is 23.8 Å². The molecule has 0 bridgehead atoms. The SMILES string of the molecule is CCCCCC=CCCCCCC1=CC1CCCCCCC. The van der Waals surface area contributed by atoms with Crippen LogP contribution in [-0.4, -0.2) is 0 Å². The topological polar surface area (TPSA) is 0 Å². The average Bonchev–Trinajstić information content (AvgIpc) is 3.27. The fourth-order valence-corrected chi connectivity index (χ4v) is 3.23. The highest BCUT2D eigenvalue weighted by atomic mass is 14.3. The molecule has 1 aliphatic rings. The predicted molar refractivity (Wildman–Crippen MR) is 101 cm³/mol. The molecule has 0 aromatic carbocycles. The van der Waals surface area contributed by atoms with Gasteiger partial charge in [0, 0.05) is 0 Å². The van der Waals surface area contributed by atoms with Crippen LogP contribution in [-0.2, 0) is 0 Å². The van der Waals surface area contributed by atoms with Gasteiger partial charge in [0.15, 0.2) is 0 Å². The summed E-state index contributed by atoms with van der Waals surface area (Å²) in [5.74, 6) is 0.917. The van der Waals surface area contributed by atoms with Crippen LogP contribution in [0.3, 0.4) is 0 Å². The van der Waals surface area contributed by atoms with Crippen molar-refractivity contribution in [2.45, 2.75) is 110 Å². The molecule has 128 valence electrons. The predicted octanol–water partition coefficient (Wildman–Crippen LogP) is 7.99. The summed E-state index contributed by atoms with van der Waals surface area (Å²) in [6.07, 6.45) is 28.2. The van der Waals surface area contributed by atoms with Crippen LogP contribution in [0.1, 0.15) is 110 Å². The summed E-state index contributed by atoms with van der Waals surface area (Å²) < 4.78 is 0. The first-order valence-electron chi connectivity index (χ1n) is 10.2. The van der Waals surface area contributed by atoms with E-state index in [2.05, 4.69) is 32.1 Å². The first-order chi connectivity index (χ1) is 10.9. The fraction of sp³-hybridized carbons (Fsp3) is 0.818. The molecule has 22 heavy (non-hydrogen) atoms. The third kappa shape index (κ3) is 11.1. The Balaban J connectivity index is 1.78. The van der Waals surface area contributed by atoms with Crippen molar-refractivity contribution in [2.24, 2.45) is 5.92 Å². The minimum absolute atomic E-state index is 0.917. The van der Waals surface area contributed by atoms with Crippen LogP contribution in [0.5, 0.6) is 0 Å². The molecule has 0 amide bonds. The van der Waals surface area contributed by atoms with Gasteiger partial charge in [-0.25, -0.2) is 0 Å². The molecule has 1 unspecified atom stereocenters. The Morgan fingerprint density at radius 1 is 0.727 bits per heavy atom. The Morgan fingerprint density at radius 2 is 1.32 bits per heavy atom. The normalized spacial score (nSPS) is 17.2. The van der Waals surface area contributed by atoms with Gasteiger partial charge in [0.05, 0.1) is 0 Å². The van der Waals surface area contributed by atoms with Gasteiger partial charge < -0.3 is 0 Å². The highest BCUT2D eigenvalue weighted by Gasteiger charge is 2.22. The van der Waals surface area contributed by atoms with E-state index in [1.807, 2.05) is 0 Å². The molecule has 0 radical (unpaired) electrons. The minimum Gasteiger partial charge on any atom is -0.0885 e. The number of hydrogen-bond acceptors (Lipinski definition) is 0. The molecule has 0 aliphatic heterocycles. The maximum absolute atomic E-state index is 2.54. The molecule has 0 nitrogen and oxygen atoms in total. The van der Waals surface area contributed by atoms with Crippen molar-refractivity contribution in [1.82, 2.24) is 0 Å². The van der Waals surface area contributed by atoms with E-state index >= 15 is 0 Å². The molecule has 0 saturated carbocycles. The van der Waals surface area contributed by atoms with Gasteiger partial charge >= 0.3 is 0 Å². The zero-order valence-corrected chi connectivity index (χ0v) is 15.4. The highest BCUT2D eigenvalue weighted by Crippen LogP contribution is 2.37. The quantitative estimate of drug-likeness (QED) is 0.200. The molecule has 0 aromatic rings. The van der Waals surface area contributed by atoms with Gasteiger partial charge in [-0.3, -0.25) is 0 Å². The summed E-state index contributed by atoms with van der Waals surface area (Å²) in [7, 11) is 0.